The summed E-state index contributed by atoms with van der Waals surface area (Å²) in [5.74, 6) is 0.0325. The number of halogens is 4. The van der Waals surface area contributed by atoms with Crippen molar-refractivity contribution >= 4 is 55.2 Å². The first-order valence-corrected chi connectivity index (χ1v) is 12.9. The standard InChI is InChI=1S/C19H18Cl3FN5O3Si/c20-12-2-1-10(5-13(12)21)18-26-27-19(31-18)15-3-4-32(9-25-15)28-16(29)8-30-11-6-14(23)17(22)24-7-11/h1-2,5-7,12-13,15,25H,3-4,8-9H2,(H,28,29)/t12?,13?,15-/m1/s1. The van der Waals surface area contributed by atoms with Gasteiger partial charge in [0.15, 0.2) is 26.5 Å². The van der Waals surface area contributed by atoms with Crippen LogP contribution in [-0.2, 0) is 4.79 Å². The molecule has 0 saturated carbocycles. The van der Waals surface area contributed by atoms with E-state index in [2.05, 4.69) is 25.5 Å². The van der Waals surface area contributed by atoms with E-state index in [1.807, 2.05) is 6.08 Å². The maximum atomic E-state index is 13.4. The van der Waals surface area contributed by atoms with Crippen LogP contribution in [0.5, 0.6) is 5.75 Å². The van der Waals surface area contributed by atoms with Gasteiger partial charge < -0.3 is 19.5 Å². The third-order valence-corrected chi connectivity index (χ3v) is 8.22. The van der Waals surface area contributed by atoms with Crippen molar-refractivity contribution < 1.29 is 18.3 Å². The van der Waals surface area contributed by atoms with Gasteiger partial charge in [-0.05, 0) is 12.5 Å². The van der Waals surface area contributed by atoms with E-state index in [1.165, 1.54) is 6.20 Å². The molecular formula is C19H18Cl3FN5O3Si. The highest BCUT2D eigenvalue weighted by atomic mass is 35.5. The van der Waals surface area contributed by atoms with E-state index < -0.39 is 14.8 Å². The van der Waals surface area contributed by atoms with Crippen molar-refractivity contribution in [3.63, 3.8) is 0 Å². The smallest absolute Gasteiger partial charge is 0.250 e. The number of hydrogen-bond donors (Lipinski definition) is 2. The lowest BCUT2D eigenvalue weighted by Gasteiger charge is -2.26. The van der Waals surface area contributed by atoms with Crippen LogP contribution in [0.2, 0.25) is 11.2 Å². The van der Waals surface area contributed by atoms with Crippen molar-refractivity contribution in [1.29, 1.82) is 0 Å². The first-order chi connectivity index (χ1) is 15.4. The minimum Gasteiger partial charge on any atom is -0.482 e. The van der Waals surface area contributed by atoms with Gasteiger partial charge in [0.25, 0.3) is 0 Å². The molecular weight excluding hydrogens is 500 g/mol. The Balaban J connectivity index is 1.24. The molecule has 1 aliphatic heterocycles. The SMILES string of the molecule is O=C(COc1cnc(Cl)c(F)c1)N[Si]1CC[C@H](c2nnc(C3=CC(Cl)C(Cl)C=C3)o2)NC1. The minimum absolute atomic E-state index is 0.0954. The van der Waals surface area contributed by atoms with Gasteiger partial charge in [0.05, 0.1) is 23.0 Å². The fourth-order valence-electron chi connectivity index (χ4n) is 3.19. The first-order valence-electron chi connectivity index (χ1n) is 9.73. The molecule has 0 aromatic carbocycles. The van der Waals surface area contributed by atoms with E-state index in [-0.39, 0.29) is 40.2 Å². The zero-order valence-electron chi connectivity index (χ0n) is 16.5. The Morgan fingerprint density at radius 1 is 1.38 bits per heavy atom. The molecule has 1 saturated heterocycles. The summed E-state index contributed by atoms with van der Waals surface area (Å²) >= 11 is 17.8. The van der Waals surface area contributed by atoms with Gasteiger partial charge in [0, 0.05) is 17.8 Å². The van der Waals surface area contributed by atoms with Gasteiger partial charge in [-0.1, -0.05) is 29.8 Å². The Bertz CT molecular complexity index is 1040. The van der Waals surface area contributed by atoms with E-state index >= 15 is 0 Å². The van der Waals surface area contributed by atoms with Crippen molar-refractivity contribution in [2.75, 3.05) is 12.8 Å². The molecule has 8 nitrogen and oxygen atoms in total. The average molecular weight is 518 g/mol. The van der Waals surface area contributed by atoms with Crippen LogP contribution in [0.15, 0.2) is 34.9 Å². The Morgan fingerprint density at radius 3 is 2.94 bits per heavy atom. The molecule has 1 radical (unpaired) electrons. The molecule has 3 heterocycles. The minimum atomic E-state index is -1.18. The summed E-state index contributed by atoms with van der Waals surface area (Å²) in [4.78, 5) is 18.8. The predicted molar refractivity (Wildman–Crippen MR) is 119 cm³/mol. The number of pyridine rings is 1. The first kappa shape index (κ1) is 23.2. The number of rotatable bonds is 6. The molecule has 1 aliphatic carbocycles. The molecule has 1 amide bonds. The van der Waals surface area contributed by atoms with Crippen LogP contribution in [0, 0.1) is 5.82 Å². The van der Waals surface area contributed by atoms with Gasteiger partial charge in [-0.3, -0.25) is 4.79 Å². The molecule has 169 valence electrons. The number of alkyl halides is 2. The number of nitrogens with zero attached hydrogens (tertiary/aromatic N) is 3. The van der Waals surface area contributed by atoms with Crippen molar-refractivity contribution in [2.24, 2.45) is 0 Å². The molecule has 2 aliphatic rings. The maximum absolute atomic E-state index is 13.4. The molecule has 2 unspecified atom stereocenters. The van der Waals surface area contributed by atoms with Gasteiger partial charge in [0.2, 0.25) is 17.7 Å². The fraction of sp³-hybridized carbons (Fsp3) is 0.368. The topological polar surface area (TPSA) is 102 Å². The fourth-order valence-corrected chi connectivity index (χ4v) is 5.65. The molecule has 0 bridgehead atoms. The molecule has 2 aromatic rings. The van der Waals surface area contributed by atoms with Crippen LogP contribution in [0.3, 0.4) is 0 Å². The number of aromatic nitrogens is 3. The van der Waals surface area contributed by atoms with Gasteiger partial charge in [-0.25, -0.2) is 9.37 Å². The molecule has 2 aromatic heterocycles. The summed E-state index contributed by atoms with van der Waals surface area (Å²) in [6.07, 6.45) is 8.01. The molecule has 2 N–H and O–H groups in total. The third-order valence-electron chi connectivity index (χ3n) is 4.84. The van der Waals surface area contributed by atoms with E-state index in [0.717, 1.165) is 24.1 Å². The lowest BCUT2D eigenvalue weighted by molar-refractivity contribution is -0.121. The van der Waals surface area contributed by atoms with Crippen molar-refractivity contribution in [3.8, 4) is 5.75 Å². The third kappa shape index (κ3) is 5.68. The predicted octanol–water partition coefficient (Wildman–Crippen LogP) is 3.19. The molecule has 13 heteroatoms. The Morgan fingerprint density at radius 2 is 2.22 bits per heavy atom. The number of carbonyl (C=O) groups is 1. The van der Waals surface area contributed by atoms with Gasteiger partial charge >= 0.3 is 0 Å². The summed E-state index contributed by atoms with van der Waals surface area (Å²) in [5.41, 5.74) is 0.740. The van der Waals surface area contributed by atoms with Crippen molar-refractivity contribution in [1.82, 2.24) is 25.5 Å². The molecule has 4 rings (SSSR count). The van der Waals surface area contributed by atoms with Crippen molar-refractivity contribution in [2.45, 2.75) is 29.3 Å². The van der Waals surface area contributed by atoms with Gasteiger partial charge in [-0.15, -0.1) is 33.4 Å². The number of carbonyl (C=O) groups excluding carboxylic acids is 1. The molecule has 0 spiro atoms. The second-order valence-electron chi connectivity index (χ2n) is 7.17. The number of ether oxygens (including phenoxy) is 1. The number of hydrogen-bond acceptors (Lipinski definition) is 7. The van der Waals surface area contributed by atoms with E-state index in [0.29, 0.717) is 17.9 Å². The quantitative estimate of drug-likeness (QED) is 0.345. The van der Waals surface area contributed by atoms with E-state index in [9.17, 15) is 9.18 Å². The Hall–Kier alpha value is -1.98. The molecule has 1 fully saturated rings. The number of allylic oxidation sites excluding steroid dienone is 4. The Labute approximate surface area is 199 Å². The zero-order chi connectivity index (χ0) is 22.7. The van der Waals surface area contributed by atoms with Crippen molar-refractivity contribution in [3.05, 3.63) is 53.2 Å². The highest BCUT2D eigenvalue weighted by Gasteiger charge is 2.29. The van der Waals surface area contributed by atoms with E-state index in [4.69, 9.17) is 44.0 Å². The molecule has 3 atom stereocenters. The highest BCUT2D eigenvalue weighted by molar-refractivity contribution is 6.59. The molecule has 32 heavy (non-hydrogen) atoms. The monoisotopic (exact) mass is 516 g/mol. The average Bonchev–Trinajstić information content (AvgIpc) is 3.27. The summed E-state index contributed by atoms with van der Waals surface area (Å²) in [5, 5.41) is 10.7. The van der Waals surface area contributed by atoms with Gasteiger partial charge in [-0.2, -0.15) is 0 Å². The number of nitrogens with one attached hydrogen (secondary N) is 2. The van der Waals surface area contributed by atoms with Crippen LogP contribution in [0.1, 0.15) is 24.2 Å². The largest absolute Gasteiger partial charge is 0.482 e. The summed E-state index contributed by atoms with van der Waals surface area (Å²) < 4.78 is 24.5. The van der Waals surface area contributed by atoms with Gasteiger partial charge in [0.1, 0.15) is 5.75 Å². The summed E-state index contributed by atoms with van der Waals surface area (Å²) in [6, 6.07) is 1.80. The lowest BCUT2D eigenvalue weighted by atomic mass is 10.1. The van der Waals surface area contributed by atoms with Crippen LogP contribution >= 0.6 is 34.8 Å². The van der Waals surface area contributed by atoms with Crippen LogP contribution in [-0.4, -0.2) is 53.6 Å². The van der Waals surface area contributed by atoms with Crippen LogP contribution < -0.4 is 15.0 Å². The zero-order valence-corrected chi connectivity index (χ0v) is 19.8. The summed E-state index contributed by atoms with van der Waals surface area (Å²) in [6.45, 7) is -0.235. The lowest BCUT2D eigenvalue weighted by Crippen LogP contribution is -2.51. The second-order valence-corrected chi connectivity index (χ2v) is 10.8. The Kier molecular flexibility index (Phi) is 7.46. The van der Waals surface area contributed by atoms with Crippen LogP contribution in [0.25, 0.3) is 5.57 Å². The normalized spacial score (nSPS) is 23.6. The van der Waals surface area contributed by atoms with E-state index in [1.54, 1.807) is 12.2 Å². The highest BCUT2D eigenvalue weighted by Crippen LogP contribution is 2.28. The summed E-state index contributed by atoms with van der Waals surface area (Å²) in [7, 11) is -1.18. The van der Waals surface area contributed by atoms with Crippen LogP contribution in [0.4, 0.5) is 4.39 Å². The maximum Gasteiger partial charge on any atom is 0.250 e. The number of amides is 1. The second kappa shape index (κ2) is 10.3.